The second kappa shape index (κ2) is 5.34. The van der Waals surface area contributed by atoms with Crippen LogP contribution in [0.3, 0.4) is 0 Å². The third-order valence-corrected chi connectivity index (χ3v) is 5.54. The van der Waals surface area contributed by atoms with Crippen molar-refractivity contribution in [2.24, 2.45) is 0 Å². The topological polar surface area (TPSA) is 20.2 Å². The van der Waals surface area contributed by atoms with Crippen molar-refractivity contribution >= 4 is 11.3 Å². The summed E-state index contributed by atoms with van der Waals surface area (Å²) in [5.74, 6) is 0. The summed E-state index contributed by atoms with van der Waals surface area (Å²) >= 11 is 1.79. The summed E-state index contributed by atoms with van der Waals surface area (Å²) in [7, 11) is 0. The zero-order valence-corrected chi connectivity index (χ0v) is 13.3. The molecule has 0 fully saturated rings. The maximum absolute atomic E-state index is 10.2. The number of hydrogen-bond donors (Lipinski definition) is 1. The maximum Gasteiger partial charge on any atom is 0.0882 e. The molecule has 0 bridgehead atoms. The average Bonchev–Trinajstić information content (AvgIpc) is 2.83. The van der Waals surface area contributed by atoms with Crippen molar-refractivity contribution < 1.29 is 5.11 Å². The molecule has 1 atom stereocenters. The fraction of sp³-hybridized carbons (Fsp3) is 0.444. The van der Waals surface area contributed by atoms with Gasteiger partial charge in [-0.05, 0) is 61.4 Å². The predicted octanol–water partition coefficient (Wildman–Crippen LogP) is 4.96. The van der Waals surface area contributed by atoms with Gasteiger partial charge in [0.25, 0.3) is 0 Å². The molecule has 2 aromatic rings. The van der Waals surface area contributed by atoms with E-state index in [9.17, 15) is 5.11 Å². The Bertz CT molecular complexity index is 639. The summed E-state index contributed by atoms with van der Waals surface area (Å²) in [6.45, 7) is 6.51. The van der Waals surface area contributed by atoms with E-state index in [0.29, 0.717) is 0 Å². The van der Waals surface area contributed by atoms with Crippen LogP contribution in [-0.2, 0) is 12.8 Å². The molecule has 1 aliphatic carbocycles. The standard InChI is InChI=1S/C18H22OS/c1-4-5-16(19)17-10-13-6-7-14-12(3)8-11(2)9-15(14)18(13)20-17/h8-10,16,19H,4-7H2,1-3H3. The van der Waals surface area contributed by atoms with Gasteiger partial charge in [-0.3, -0.25) is 0 Å². The molecule has 1 aliphatic rings. The normalized spacial score (nSPS) is 14.8. The predicted molar refractivity (Wildman–Crippen MR) is 86.5 cm³/mol. The zero-order chi connectivity index (χ0) is 14.3. The third-order valence-electron chi connectivity index (χ3n) is 4.22. The Hall–Kier alpha value is -1.12. The highest BCUT2D eigenvalue weighted by Gasteiger charge is 2.22. The molecule has 1 aromatic carbocycles. The minimum atomic E-state index is -0.287. The molecule has 0 saturated heterocycles. The van der Waals surface area contributed by atoms with Crippen LogP contribution in [0.25, 0.3) is 10.4 Å². The van der Waals surface area contributed by atoms with Crippen LogP contribution in [-0.4, -0.2) is 5.11 Å². The van der Waals surface area contributed by atoms with Crippen molar-refractivity contribution in [2.45, 2.75) is 52.6 Å². The third kappa shape index (κ3) is 2.32. The highest BCUT2D eigenvalue weighted by atomic mass is 32.1. The van der Waals surface area contributed by atoms with Crippen molar-refractivity contribution in [3.63, 3.8) is 0 Å². The van der Waals surface area contributed by atoms with E-state index in [1.54, 1.807) is 11.3 Å². The minimum Gasteiger partial charge on any atom is -0.388 e. The van der Waals surface area contributed by atoms with Crippen LogP contribution in [0.5, 0.6) is 0 Å². The molecular weight excluding hydrogens is 264 g/mol. The number of aryl methyl sites for hydroxylation is 3. The average molecular weight is 286 g/mol. The van der Waals surface area contributed by atoms with E-state index in [-0.39, 0.29) is 6.10 Å². The van der Waals surface area contributed by atoms with Crippen LogP contribution in [0.2, 0.25) is 0 Å². The molecule has 2 heteroatoms. The lowest BCUT2D eigenvalue weighted by Crippen LogP contribution is -2.03. The summed E-state index contributed by atoms with van der Waals surface area (Å²) in [5.41, 5.74) is 7.08. The lowest BCUT2D eigenvalue weighted by atomic mass is 9.87. The zero-order valence-electron chi connectivity index (χ0n) is 12.5. The molecule has 0 radical (unpaired) electrons. The Labute approximate surface area is 125 Å². The maximum atomic E-state index is 10.2. The lowest BCUT2D eigenvalue weighted by molar-refractivity contribution is 0.170. The van der Waals surface area contributed by atoms with Gasteiger partial charge in [0.05, 0.1) is 6.10 Å². The van der Waals surface area contributed by atoms with Crippen molar-refractivity contribution in [1.29, 1.82) is 0 Å². The van der Waals surface area contributed by atoms with Crippen LogP contribution < -0.4 is 0 Å². The number of hydrogen-bond acceptors (Lipinski definition) is 2. The Balaban J connectivity index is 2.08. The summed E-state index contributed by atoms with van der Waals surface area (Å²) < 4.78 is 0. The van der Waals surface area contributed by atoms with Gasteiger partial charge >= 0.3 is 0 Å². The largest absolute Gasteiger partial charge is 0.388 e. The molecule has 0 aliphatic heterocycles. The molecule has 1 unspecified atom stereocenters. The smallest absolute Gasteiger partial charge is 0.0882 e. The summed E-state index contributed by atoms with van der Waals surface area (Å²) in [6, 6.07) is 6.83. The summed E-state index contributed by atoms with van der Waals surface area (Å²) in [6.07, 6.45) is 3.85. The first kappa shape index (κ1) is 13.8. The number of rotatable bonds is 3. The van der Waals surface area contributed by atoms with Gasteiger partial charge in [0.15, 0.2) is 0 Å². The molecule has 1 aromatic heterocycles. The molecular formula is C18H22OS. The first-order valence-electron chi connectivity index (χ1n) is 7.51. The van der Waals surface area contributed by atoms with Crippen molar-refractivity contribution in [3.05, 3.63) is 45.3 Å². The number of fused-ring (bicyclic) bond motifs is 3. The van der Waals surface area contributed by atoms with E-state index in [4.69, 9.17) is 0 Å². The van der Waals surface area contributed by atoms with Gasteiger partial charge in [-0.1, -0.05) is 31.0 Å². The Kier molecular flexibility index (Phi) is 3.70. The van der Waals surface area contributed by atoms with Gasteiger partial charge in [0.2, 0.25) is 0 Å². The molecule has 106 valence electrons. The van der Waals surface area contributed by atoms with E-state index in [1.165, 1.54) is 32.7 Å². The molecule has 1 heterocycles. The highest BCUT2D eigenvalue weighted by Crippen LogP contribution is 2.43. The van der Waals surface area contributed by atoms with E-state index in [1.807, 2.05) is 0 Å². The number of thiophene rings is 1. The fourth-order valence-corrected chi connectivity index (χ4v) is 4.51. The van der Waals surface area contributed by atoms with Gasteiger partial charge < -0.3 is 5.11 Å². The molecule has 20 heavy (non-hydrogen) atoms. The Morgan fingerprint density at radius 3 is 2.75 bits per heavy atom. The monoisotopic (exact) mass is 286 g/mol. The number of aliphatic hydroxyl groups excluding tert-OH is 1. The van der Waals surface area contributed by atoms with Crippen LogP contribution in [0, 0.1) is 13.8 Å². The van der Waals surface area contributed by atoms with Crippen LogP contribution in [0.1, 0.15) is 53.0 Å². The Morgan fingerprint density at radius 1 is 1.20 bits per heavy atom. The van der Waals surface area contributed by atoms with Crippen molar-refractivity contribution in [3.8, 4) is 10.4 Å². The second-order valence-electron chi connectivity index (χ2n) is 5.92. The fourth-order valence-electron chi connectivity index (χ4n) is 3.24. The SMILES string of the molecule is CCCC(O)c1cc2c(s1)-c1cc(C)cc(C)c1CC2. The van der Waals surface area contributed by atoms with Gasteiger partial charge in [-0.2, -0.15) is 0 Å². The van der Waals surface area contributed by atoms with E-state index in [0.717, 1.165) is 30.6 Å². The highest BCUT2D eigenvalue weighted by molar-refractivity contribution is 7.15. The molecule has 0 amide bonds. The van der Waals surface area contributed by atoms with Crippen molar-refractivity contribution in [2.75, 3.05) is 0 Å². The van der Waals surface area contributed by atoms with E-state index < -0.39 is 0 Å². The molecule has 3 rings (SSSR count). The van der Waals surface area contributed by atoms with Gasteiger partial charge in [-0.25, -0.2) is 0 Å². The molecule has 0 saturated carbocycles. The minimum absolute atomic E-state index is 0.287. The Morgan fingerprint density at radius 2 is 2.00 bits per heavy atom. The van der Waals surface area contributed by atoms with Crippen molar-refractivity contribution in [1.82, 2.24) is 0 Å². The van der Waals surface area contributed by atoms with Gasteiger partial charge in [-0.15, -0.1) is 11.3 Å². The van der Waals surface area contributed by atoms with Gasteiger partial charge in [0.1, 0.15) is 0 Å². The van der Waals surface area contributed by atoms with Gasteiger partial charge in [0, 0.05) is 9.75 Å². The lowest BCUT2D eigenvalue weighted by Gasteiger charge is -2.19. The first-order chi connectivity index (χ1) is 9.60. The van der Waals surface area contributed by atoms with E-state index >= 15 is 0 Å². The quantitative estimate of drug-likeness (QED) is 0.845. The molecule has 0 spiro atoms. The van der Waals surface area contributed by atoms with Crippen LogP contribution in [0.4, 0.5) is 0 Å². The number of benzene rings is 1. The van der Waals surface area contributed by atoms with E-state index in [2.05, 4.69) is 39.0 Å². The summed E-state index contributed by atoms with van der Waals surface area (Å²) in [4.78, 5) is 2.53. The first-order valence-corrected chi connectivity index (χ1v) is 8.33. The molecule has 1 N–H and O–H groups in total. The van der Waals surface area contributed by atoms with Crippen LogP contribution in [0.15, 0.2) is 18.2 Å². The molecule has 1 nitrogen and oxygen atoms in total. The number of aliphatic hydroxyl groups is 1. The van der Waals surface area contributed by atoms with Crippen LogP contribution >= 0.6 is 11.3 Å². The summed E-state index contributed by atoms with van der Waals surface area (Å²) in [5, 5.41) is 10.2. The second-order valence-corrected chi connectivity index (χ2v) is 7.00.